The fourth-order valence-electron chi connectivity index (χ4n) is 5.92. The number of hydrogen-bond donors (Lipinski definition) is 1. The lowest BCUT2D eigenvalue weighted by molar-refractivity contribution is 0.0741. The summed E-state index contributed by atoms with van der Waals surface area (Å²) in [5, 5.41) is 3.62. The Morgan fingerprint density at radius 2 is 1.68 bits per heavy atom. The minimum absolute atomic E-state index is 0. The van der Waals surface area contributed by atoms with Crippen LogP contribution in [0.25, 0.3) is 11.0 Å². The maximum atomic E-state index is 13.9. The Labute approximate surface area is 267 Å². The number of imidazole rings is 1. The molecule has 1 heterocycles. The minimum atomic E-state index is 0. The second kappa shape index (κ2) is 16.1. The largest absolute Gasteiger partial charge is 0.339 e. The molecule has 1 N–H and O–H groups in total. The van der Waals surface area contributed by atoms with Gasteiger partial charge in [-0.15, -0.1) is 0 Å². The van der Waals surface area contributed by atoms with E-state index >= 15 is 0 Å². The van der Waals surface area contributed by atoms with E-state index in [1.54, 1.807) is 0 Å². The Kier molecular flexibility index (Phi) is 12.2. The first-order valence-electron chi connectivity index (χ1n) is 16.8. The summed E-state index contributed by atoms with van der Waals surface area (Å²) in [7, 11) is 2.22. The summed E-state index contributed by atoms with van der Waals surface area (Å²) in [4.78, 5) is 23.4. The fraction of sp³-hybridized carbons (Fsp3) is 0.526. The Morgan fingerprint density at radius 1 is 0.977 bits per heavy atom. The number of nitrogens with zero attached hydrogens (tertiary/aromatic N) is 4. The molecule has 6 heteroatoms. The highest BCUT2D eigenvalue weighted by atomic mass is 16.2. The molecule has 3 aromatic rings. The zero-order chi connectivity index (χ0) is 31.6. The second-order valence-electron chi connectivity index (χ2n) is 13.7. The van der Waals surface area contributed by atoms with Gasteiger partial charge in [-0.3, -0.25) is 4.79 Å². The highest BCUT2D eigenvalue weighted by Gasteiger charge is 2.20. The molecule has 0 aliphatic heterocycles. The van der Waals surface area contributed by atoms with Crippen LogP contribution in [0.15, 0.2) is 60.7 Å². The smallest absolute Gasteiger partial charge is 0.253 e. The van der Waals surface area contributed by atoms with Gasteiger partial charge in [-0.1, -0.05) is 58.1 Å². The van der Waals surface area contributed by atoms with E-state index in [0.717, 1.165) is 86.6 Å². The van der Waals surface area contributed by atoms with Gasteiger partial charge < -0.3 is 19.7 Å². The van der Waals surface area contributed by atoms with Crippen molar-refractivity contribution in [3.05, 3.63) is 77.4 Å². The van der Waals surface area contributed by atoms with Gasteiger partial charge in [0.25, 0.3) is 5.91 Å². The summed E-state index contributed by atoms with van der Waals surface area (Å²) in [6, 6.07) is 12.6. The summed E-state index contributed by atoms with van der Waals surface area (Å²) < 4.78 is 2.28. The van der Waals surface area contributed by atoms with Gasteiger partial charge in [0.2, 0.25) is 5.95 Å². The van der Waals surface area contributed by atoms with Crippen LogP contribution in [-0.4, -0.2) is 58.5 Å². The molecule has 4 rings (SSSR count). The Morgan fingerprint density at radius 3 is 2.32 bits per heavy atom. The summed E-state index contributed by atoms with van der Waals surface area (Å²) in [5.41, 5.74) is 6.14. The van der Waals surface area contributed by atoms with Crippen molar-refractivity contribution in [1.29, 1.82) is 0 Å². The lowest BCUT2D eigenvalue weighted by Crippen LogP contribution is -2.34. The molecule has 240 valence electrons. The molecule has 1 aliphatic carbocycles. The topological polar surface area (TPSA) is 53.4 Å². The van der Waals surface area contributed by atoms with Gasteiger partial charge >= 0.3 is 0 Å². The third-order valence-corrected chi connectivity index (χ3v) is 8.59. The highest BCUT2D eigenvalue weighted by Crippen LogP contribution is 2.26. The third kappa shape index (κ3) is 9.82. The summed E-state index contributed by atoms with van der Waals surface area (Å²) >= 11 is 0. The van der Waals surface area contributed by atoms with E-state index in [2.05, 4.69) is 117 Å². The van der Waals surface area contributed by atoms with Crippen LogP contribution in [0.1, 0.15) is 82.7 Å². The van der Waals surface area contributed by atoms with Crippen LogP contribution in [0, 0.1) is 31.6 Å². The normalized spacial score (nSPS) is 14.8. The number of hydrogen-bond acceptors (Lipinski definition) is 4. The average Bonchev–Trinajstić information content (AvgIpc) is 3.31. The van der Waals surface area contributed by atoms with Crippen LogP contribution in [0.5, 0.6) is 0 Å². The van der Waals surface area contributed by atoms with E-state index in [4.69, 9.17) is 4.98 Å². The van der Waals surface area contributed by atoms with Crippen molar-refractivity contribution in [3.8, 4) is 0 Å². The number of carbonyl (C=O) groups is 1. The Bertz CT molecular complexity index is 1410. The molecule has 0 fully saturated rings. The van der Waals surface area contributed by atoms with E-state index in [-0.39, 0.29) is 7.33 Å². The zero-order valence-electron chi connectivity index (χ0n) is 28.3. The number of nitrogens with one attached hydrogen (secondary N) is 1. The number of aromatic nitrogens is 2. The first-order chi connectivity index (χ1) is 21.1. The van der Waals surface area contributed by atoms with Crippen LogP contribution in [0.4, 0.5) is 11.6 Å². The SMILES string of the molecule is Cc1cc(C)cc(Nc2nc3ccc(C(=O)N(CCC(C)C)CCC(C)C)cc3n2CCCN(C)CCC2C=CC=CC2)c1.[HH]. The van der Waals surface area contributed by atoms with Crippen molar-refractivity contribution in [2.45, 2.75) is 80.2 Å². The third-order valence-electron chi connectivity index (χ3n) is 8.59. The highest BCUT2D eigenvalue weighted by molar-refractivity contribution is 5.98. The molecule has 1 aliphatic rings. The number of anilines is 2. The molecular weight excluding hydrogens is 542 g/mol. The van der Waals surface area contributed by atoms with E-state index in [9.17, 15) is 4.79 Å². The predicted octanol–water partition coefficient (Wildman–Crippen LogP) is 9.02. The molecule has 0 spiro atoms. The standard InChI is InChI=1S/C38H55N5O.H2/c1-28(2)16-22-42(23-17-29(3)4)37(44)33-14-15-35-36(27-33)43(38(40-35)39-34-25-30(5)24-31(6)26-34)20-11-19-41(7)21-18-32-12-9-8-10-13-32;/h8-10,12,14-15,24-29,32H,11,13,16-23H2,1-7H3,(H,39,40);1H. The molecule has 1 atom stereocenters. The number of amides is 1. The fourth-order valence-corrected chi connectivity index (χ4v) is 5.92. The molecular formula is C38H57N5O. The van der Waals surface area contributed by atoms with Crippen LogP contribution in [0.3, 0.4) is 0 Å². The lowest BCUT2D eigenvalue weighted by Gasteiger charge is -2.25. The summed E-state index contributed by atoms with van der Waals surface area (Å²) in [5.74, 6) is 2.71. The maximum Gasteiger partial charge on any atom is 0.253 e. The van der Waals surface area contributed by atoms with Crippen LogP contribution >= 0.6 is 0 Å². The predicted molar refractivity (Wildman–Crippen MR) is 189 cm³/mol. The van der Waals surface area contributed by atoms with Crippen LogP contribution in [0.2, 0.25) is 0 Å². The maximum absolute atomic E-state index is 13.9. The van der Waals surface area contributed by atoms with Gasteiger partial charge in [0, 0.05) is 32.3 Å². The number of allylic oxidation sites excluding steroid dienone is 4. The van der Waals surface area contributed by atoms with Crippen molar-refractivity contribution >= 4 is 28.6 Å². The van der Waals surface area contributed by atoms with Gasteiger partial charge in [-0.25, -0.2) is 4.98 Å². The van der Waals surface area contributed by atoms with Gasteiger partial charge in [-0.05, 0) is 125 Å². The lowest BCUT2D eigenvalue weighted by atomic mass is 9.97. The number of carbonyl (C=O) groups excluding carboxylic acids is 1. The van der Waals surface area contributed by atoms with E-state index in [1.807, 2.05) is 12.1 Å². The number of aryl methyl sites for hydroxylation is 3. The quantitative estimate of drug-likeness (QED) is 0.178. The van der Waals surface area contributed by atoms with Crippen molar-refractivity contribution < 1.29 is 6.22 Å². The minimum Gasteiger partial charge on any atom is -0.339 e. The first kappa shape index (κ1) is 33.5. The second-order valence-corrected chi connectivity index (χ2v) is 13.7. The van der Waals surface area contributed by atoms with Crippen molar-refractivity contribution in [2.24, 2.45) is 17.8 Å². The zero-order valence-corrected chi connectivity index (χ0v) is 28.3. The molecule has 1 aromatic heterocycles. The average molecular weight is 600 g/mol. The number of fused-ring (bicyclic) bond motifs is 1. The van der Waals surface area contributed by atoms with Gasteiger partial charge in [0.15, 0.2) is 0 Å². The van der Waals surface area contributed by atoms with Gasteiger partial charge in [-0.2, -0.15) is 0 Å². The molecule has 0 radical (unpaired) electrons. The van der Waals surface area contributed by atoms with E-state index in [1.165, 1.54) is 17.5 Å². The van der Waals surface area contributed by atoms with Crippen molar-refractivity contribution in [3.63, 3.8) is 0 Å². The van der Waals surface area contributed by atoms with Crippen molar-refractivity contribution in [1.82, 2.24) is 19.4 Å². The Balaban J connectivity index is 0.00000552. The Hall–Kier alpha value is -3.38. The number of benzene rings is 2. The molecule has 2 aromatic carbocycles. The molecule has 6 nitrogen and oxygen atoms in total. The summed E-state index contributed by atoms with van der Waals surface area (Å²) in [6.45, 7) is 17.6. The van der Waals surface area contributed by atoms with E-state index < -0.39 is 0 Å². The summed E-state index contributed by atoms with van der Waals surface area (Å²) in [6.07, 6.45) is 14.3. The molecule has 0 saturated carbocycles. The van der Waals surface area contributed by atoms with E-state index in [0.29, 0.717) is 17.8 Å². The molecule has 44 heavy (non-hydrogen) atoms. The first-order valence-corrected chi connectivity index (χ1v) is 16.8. The molecule has 1 unspecified atom stereocenters. The monoisotopic (exact) mass is 599 g/mol. The van der Waals surface area contributed by atoms with Crippen molar-refractivity contribution in [2.75, 3.05) is 38.5 Å². The van der Waals surface area contributed by atoms with Crippen LogP contribution in [-0.2, 0) is 6.54 Å². The molecule has 0 saturated heterocycles. The van der Waals surface area contributed by atoms with Gasteiger partial charge in [0.1, 0.15) is 0 Å². The molecule has 1 amide bonds. The molecule has 0 bridgehead atoms. The number of rotatable bonds is 16. The van der Waals surface area contributed by atoms with Gasteiger partial charge in [0.05, 0.1) is 11.0 Å². The van der Waals surface area contributed by atoms with Crippen LogP contribution < -0.4 is 5.32 Å².